The SMILES string of the molecule is Cc1cc2cnc(Nc3ccc(-c4cn([C@H]5CC[C@@H](N6CCN(C)CC6)CC5)c5ncnc(N)c45)cc3)nc2cc1Cl. The van der Waals surface area contributed by atoms with Crippen molar-refractivity contribution in [3.63, 3.8) is 0 Å². The van der Waals surface area contributed by atoms with Crippen LogP contribution in [-0.2, 0) is 0 Å². The van der Waals surface area contributed by atoms with Crippen molar-refractivity contribution in [2.45, 2.75) is 44.7 Å². The molecule has 5 aromatic rings. The largest absolute Gasteiger partial charge is 0.383 e. The van der Waals surface area contributed by atoms with Crippen molar-refractivity contribution in [3.8, 4) is 11.1 Å². The predicted octanol–water partition coefficient (Wildman–Crippen LogP) is 6.06. The van der Waals surface area contributed by atoms with Crippen LogP contribution in [0.25, 0.3) is 33.1 Å². The molecule has 1 saturated carbocycles. The molecule has 1 aliphatic heterocycles. The highest BCUT2D eigenvalue weighted by Gasteiger charge is 2.30. The highest BCUT2D eigenvalue weighted by atomic mass is 35.5. The Bertz CT molecular complexity index is 1730. The van der Waals surface area contributed by atoms with Gasteiger partial charge in [0.2, 0.25) is 5.95 Å². The van der Waals surface area contributed by atoms with Crippen LogP contribution in [0.5, 0.6) is 0 Å². The minimum Gasteiger partial charge on any atom is -0.383 e. The summed E-state index contributed by atoms with van der Waals surface area (Å²) in [5.74, 6) is 1.04. The standard InChI is InChI=1S/C32H36ClN9/c1-20-15-22-17-35-32(39-28(22)16-27(20)33)38-23-5-3-21(4-6-23)26-18-42(31-29(26)30(34)36-19-37-31)25-9-7-24(8-10-25)41-13-11-40(2)12-14-41/h3-6,15-19,24-25H,7-14H2,1-2H3,(H2,34,36,37)(H,35,38,39)/t24-,25+. The number of benzene rings is 2. The summed E-state index contributed by atoms with van der Waals surface area (Å²) in [6.45, 7) is 6.67. The third kappa shape index (κ3) is 5.17. The maximum Gasteiger partial charge on any atom is 0.227 e. The van der Waals surface area contributed by atoms with Crippen LogP contribution in [0, 0.1) is 6.92 Å². The van der Waals surface area contributed by atoms with Gasteiger partial charge in [0.15, 0.2) is 0 Å². The van der Waals surface area contributed by atoms with Crippen molar-refractivity contribution >= 4 is 51.0 Å². The second-order valence-corrected chi connectivity index (χ2v) is 12.2. The lowest BCUT2D eigenvalue weighted by molar-refractivity contribution is 0.0828. The van der Waals surface area contributed by atoms with Gasteiger partial charge in [0, 0.05) is 72.3 Å². The molecule has 9 nitrogen and oxygen atoms in total. The summed E-state index contributed by atoms with van der Waals surface area (Å²) < 4.78 is 2.35. The van der Waals surface area contributed by atoms with Crippen molar-refractivity contribution in [1.82, 2.24) is 34.3 Å². The molecule has 3 aromatic heterocycles. The number of aromatic nitrogens is 5. The van der Waals surface area contributed by atoms with E-state index in [1.54, 1.807) is 6.33 Å². The first-order chi connectivity index (χ1) is 20.4. The Hall–Kier alpha value is -3.79. The number of fused-ring (bicyclic) bond motifs is 2. The van der Waals surface area contributed by atoms with Gasteiger partial charge < -0.3 is 20.5 Å². The van der Waals surface area contributed by atoms with E-state index in [9.17, 15) is 0 Å². The maximum atomic E-state index is 6.45. The molecule has 0 spiro atoms. The first-order valence-corrected chi connectivity index (χ1v) is 15.1. The smallest absolute Gasteiger partial charge is 0.227 e. The van der Waals surface area contributed by atoms with E-state index in [4.69, 9.17) is 22.3 Å². The van der Waals surface area contributed by atoms with Gasteiger partial charge in [-0.2, -0.15) is 0 Å². The average Bonchev–Trinajstić information content (AvgIpc) is 3.40. The fraction of sp³-hybridized carbons (Fsp3) is 0.375. The fourth-order valence-electron chi connectivity index (χ4n) is 6.58. The number of hydrogen-bond donors (Lipinski definition) is 2. The summed E-state index contributed by atoms with van der Waals surface area (Å²) in [4.78, 5) is 23.3. The van der Waals surface area contributed by atoms with Crippen LogP contribution in [0.1, 0.15) is 37.3 Å². The van der Waals surface area contributed by atoms with E-state index in [-0.39, 0.29) is 0 Å². The van der Waals surface area contributed by atoms with Gasteiger partial charge in [0.25, 0.3) is 0 Å². The van der Waals surface area contributed by atoms with E-state index in [1.807, 2.05) is 37.4 Å². The zero-order valence-corrected chi connectivity index (χ0v) is 24.8. The molecule has 2 aliphatic rings. The Morgan fingerprint density at radius 1 is 0.929 bits per heavy atom. The molecule has 2 aromatic carbocycles. The van der Waals surface area contributed by atoms with Gasteiger partial charge >= 0.3 is 0 Å². The number of hydrogen-bond acceptors (Lipinski definition) is 8. The predicted molar refractivity (Wildman–Crippen MR) is 170 cm³/mol. The number of nitrogens with two attached hydrogens (primary N) is 1. The molecular weight excluding hydrogens is 546 g/mol. The molecule has 7 rings (SSSR count). The summed E-state index contributed by atoms with van der Waals surface area (Å²) in [6.07, 6.45) is 10.3. The van der Waals surface area contributed by atoms with E-state index in [0.717, 1.165) is 57.2 Å². The molecule has 1 saturated heterocycles. The lowest BCUT2D eigenvalue weighted by Gasteiger charge is -2.41. The zero-order valence-electron chi connectivity index (χ0n) is 24.1. The minimum absolute atomic E-state index is 0.405. The molecule has 0 unspecified atom stereocenters. The second kappa shape index (κ2) is 11.1. The molecule has 216 valence electrons. The first-order valence-electron chi connectivity index (χ1n) is 14.8. The number of nitrogens with one attached hydrogen (secondary N) is 1. The molecule has 3 N–H and O–H groups in total. The van der Waals surface area contributed by atoms with Crippen LogP contribution < -0.4 is 11.1 Å². The lowest BCUT2D eigenvalue weighted by Crippen LogP contribution is -2.49. The number of likely N-dealkylation sites (N-methyl/N-ethyl adjacent to an activating group) is 1. The molecule has 2 fully saturated rings. The normalized spacial score (nSPS) is 20.4. The number of piperazine rings is 1. The zero-order chi connectivity index (χ0) is 28.8. The number of nitrogen functional groups attached to an aromatic ring is 1. The molecular formula is C32H36ClN9. The monoisotopic (exact) mass is 581 g/mol. The van der Waals surface area contributed by atoms with E-state index < -0.39 is 0 Å². The maximum absolute atomic E-state index is 6.45. The summed E-state index contributed by atoms with van der Waals surface area (Å²) in [6, 6.07) is 13.2. The van der Waals surface area contributed by atoms with E-state index in [0.29, 0.717) is 28.9 Å². The van der Waals surface area contributed by atoms with Crippen molar-refractivity contribution < 1.29 is 0 Å². The van der Waals surface area contributed by atoms with Gasteiger partial charge in [0.1, 0.15) is 17.8 Å². The van der Waals surface area contributed by atoms with Gasteiger partial charge in [-0.15, -0.1) is 0 Å². The third-order valence-corrected chi connectivity index (χ3v) is 9.47. The van der Waals surface area contributed by atoms with Crippen molar-refractivity contribution in [1.29, 1.82) is 0 Å². The summed E-state index contributed by atoms with van der Waals surface area (Å²) in [5.41, 5.74) is 12.2. The Kier molecular flexibility index (Phi) is 7.17. The molecule has 0 radical (unpaired) electrons. The van der Waals surface area contributed by atoms with Crippen molar-refractivity contribution in [2.75, 3.05) is 44.3 Å². The van der Waals surface area contributed by atoms with Gasteiger partial charge in [-0.3, -0.25) is 4.90 Å². The minimum atomic E-state index is 0.405. The van der Waals surface area contributed by atoms with Crippen LogP contribution in [0.3, 0.4) is 0 Å². The number of nitrogens with zero attached hydrogens (tertiary/aromatic N) is 7. The van der Waals surface area contributed by atoms with Gasteiger partial charge in [0.05, 0.1) is 10.9 Å². The van der Waals surface area contributed by atoms with Crippen LogP contribution >= 0.6 is 11.6 Å². The molecule has 10 heteroatoms. The second-order valence-electron chi connectivity index (χ2n) is 11.8. The number of rotatable bonds is 5. The number of aryl methyl sites for hydroxylation is 1. The summed E-state index contributed by atoms with van der Waals surface area (Å²) >= 11 is 6.32. The number of halogens is 1. The summed E-state index contributed by atoms with van der Waals surface area (Å²) in [5, 5.41) is 5.90. The number of anilines is 3. The van der Waals surface area contributed by atoms with E-state index in [2.05, 4.69) is 60.0 Å². The van der Waals surface area contributed by atoms with E-state index in [1.165, 1.54) is 39.0 Å². The lowest BCUT2D eigenvalue weighted by atomic mass is 9.89. The van der Waals surface area contributed by atoms with Gasteiger partial charge in [-0.05, 0) is 75.0 Å². The average molecular weight is 582 g/mol. The fourth-order valence-corrected chi connectivity index (χ4v) is 6.74. The first kappa shape index (κ1) is 27.1. The van der Waals surface area contributed by atoms with E-state index >= 15 is 0 Å². The van der Waals surface area contributed by atoms with Crippen molar-refractivity contribution in [3.05, 3.63) is 65.7 Å². The van der Waals surface area contributed by atoms with Crippen molar-refractivity contribution in [2.24, 2.45) is 0 Å². The molecule has 0 amide bonds. The molecule has 42 heavy (non-hydrogen) atoms. The van der Waals surface area contributed by atoms with Crippen LogP contribution in [0.2, 0.25) is 5.02 Å². The Morgan fingerprint density at radius 2 is 1.67 bits per heavy atom. The molecule has 0 bridgehead atoms. The molecule has 1 aliphatic carbocycles. The highest BCUT2D eigenvalue weighted by molar-refractivity contribution is 6.32. The third-order valence-electron chi connectivity index (χ3n) is 9.06. The molecule has 4 heterocycles. The Balaban J connectivity index is 1.12. The highest BCUT2D eigenvalue weighted by Crippen LogP contribution is 2.39. The summed E-state index contributed by atoms with van der Waals surface area (Å²) in [7, 11) is 2.22. The molecule has 0 atom stereocenters. The van der Waals surface area contributed by atoms with Crippen LogP contribution in [0.15, 0.2) is 55.1 Å². The Morgan fingerprint density at radius 3 is 2.43 bits per heavy atom. The van der Waals surface area contributed by atoms with Gasteiger partial charge in [-0.1, -0.05) is 23.7 Å². The van der Waals surface area contributed by atoms with Gasteiger partial charge in [-0.25, -0.2) is 19.9 Å². The van der Waals surface area contributed by atoms with Crippen LogP contribution in [0.4, 0.5) is 17.5 Å². The Labute approximate surface area is 250 Å². The quantitative estimate of drug-likeness (QED) is 0.258. The topological polar surface area (TPSA) is 101 Å². The van der Waals surface area contributed by atoms with Crippen LogP contribution in [-0.4, -0.2) is 73.6 Å².